The van der Waals surface area contributed by atoms with Gasteiger partial charge in [0, 0.05) is 6.42 Å². The maximum absolute atomic E-state index is 5.49. The Hall–Kier alpha value is -2.21. The van der Waals surface area contributed by atoms with Gasteiger partial charge in [-0.3, -0.25) is 0 Å². The highest BCUT2D eigenvalue weighted by Gasteiger charge is 1.96. The maximum atomic E-state index is 5.49. The Morgan fingerprint density at radius 1 is 1.29 bits per heavy atom. The van der Waals surface area contributed by atoms with Gasteiger partial charge in [0.25, 0.3) is 0 Å². The van der Waals surface area contributed by atoms with E-state index in [1.165, 1.54) is 4.85 Å². The summed E-state index contributed by atoms with van der Waals surface area (Å²) < 4.78 is 0. The lowest BCUT2D eigenvalue weighted by Gasteiger charge is -2.03. The molecule has 86 valence electrons. The summed E-state index contributed by atoms with van der Waals surface area (Å²) in [7, 11) is 0. The molecule has 0 aliphatic carbocycles. The second-order valence-corrected chi connectivity index (χ2v) is 3.55. The van der Waals surface area contributed by atoms with Gasteiger partial charge in [0.1, 0.15) is 6.61 Å². The minimum Gasteiger partial charge on any atom is -0.392 e. The Balaban J connectivity index is 1.94. The van der Waals surface area contributed by atoms with Crippen LogP contribution in [0.25, 0.3) is 0 Å². The van der Waals surface area contributed by atoms with Crippen LogP contribution in [0.2, 0.25) is 0 Å². The van der Waals surface area contributed by atoms with Gasteiger partial charge < -0.3 is 4.84 Å². The van der Waals surface area contributed by atoms with Crippen molar-refractivity contribution in [1.29, 1.82) is 0 Å². The molecule has 1 heterocycles. The molecule has 2 rings (SSSR count). The number of hydrogen-bond donors (Lipinski definition) is 0. The molecule has 0 radical (unpaired) electrons. The molecule has 0 unspecified atom stereocenters. The van der Waals surface area contributed by atoms with E-state index >= 15 is 0 Å². The number of nitrogens with zero attached hydrogens (tertiary/aromatic N) is 2. The molecule has 1 aromatic carbocycles. The van der Waals surface area contributed by atoms with Crippen LogP contribution in [0.4, 0.5) is 0 Å². The van der Waals surface area contributed by atoms with Crippen LogP contribution >= 0.6 is 0 Å². The van der Waals surface area contributed by atoms with Crippen molar-refractivity contribution in [2.75, 3.05) is 0 Å². The molecule has 2 aromatic rings. The molecule has 0 N–H and O–H groups in total. The van der Waals surface area contributed by atoms with Gasteiger partial charge in [-0.15, -0.1) is 9.94 Å². The molecular weight excluding hydrogens is 212 g/mol. The fraction of sp³-hybridized carbons (Fsp3) is 0.214. The smallest absolute Gasteiger partial charge is 0.142 e. The van der Waals surface area contributed by atoms with Gasteiger partial charge in [0.05, 0.1) is 18.0 Å². The molecule has 3 heteroatoms. The van der Waals surface area contributed by atoms with E-state index in [2.05, 4.69) is 16.9 Å². The second-order valence-electron chi connectivity index (χ2n) is 3.55. The summed E-state index contributed by atoms with van der Waals surface area (Å²) in [6.07, 6.45) is 4.33. The van der Waals surface area contributed by atoms with E-state index in [1.54, 1.807) is 12.4 Å². The van der Waals surface area contributed by atoms with Crippen LogP contribution in [0.3, 0.4) is 0 Å². The molecule has 0 bridgehead atoms. The fourth-order valence-electron chi connectivity index (χ4n) is 1.35. The number of aromatic nitrogens is 2. The van der Waals surface area contributed by atoms with Crippen molar-refractivity contribution < 1.29 is 4.84 Å². The van der Waals surface area contributed by atoms with Gasteiger partial charge in [-0.1, -0.05) is 49.1 Å². The zero-order valence-corrected chi connectivity index (χ0v) is 9.76. The van der Waals surface area contributed by atoms with Crippen molar-refractivity contribution in [3.05, 3.63) is 53.9 Å². The van der Waals surface area contributed by atoms with Crippen LogP contribution in [0, 0.1) is 11.8 Å². The topological polar surface area (TPSA) is 27.1 Å². The highest BCUT2D eigenvalue weighted by Crippen LogP contribution is 1.99. The van der Waals surface area contributed by atoms with Crippen LogP contribution in [-0.2, 0) is 6.61 Å². The van der Waals surface area contributed by atoms with Crippen molar-refractivity contribution in [1.82, 2.24) is 9.94 Å². The Bertz CT molecular complexity index is 520. The summed E-state index contributed by atoms with van der Waals surface area (Å²) in [5, 5.41) is 4.08. The van der Waals surface area contributed by atoms with Gasteiger partial charge in [0.15, 0.2) is 0 Å². The number of rotatable bonds is 3. The third-order valence-electron chi connectivity index (χ3n) is 2.18. The van der Waals surface area contributed by atoms with E-state index in [1.807, 2.05) is 37.3 Å². The van der Waals surface area contributed by atoms with Crippen molar-refractivity contribution in [2.45, 2.75) is 20.0 Å². The zero-order valence-electron chi connectivity index (χ0n) is 9.76. The van der Waals surface area contributed by atoms with Crippen LogP contribution in [0.1, 0.15) is 24.5 Å². The van der Waals surface area contributed by atoms with E-state index in [4.69, 9.17) is 4.84 Å². The summed E-state index contributed by atoms with van der Waals surface area (Å²) in [6.45, 7) is 2.52. The fourth-order valence-corrected chi connectivity index (χ4v) is 1.35. The Morgan fingerprint density at radius 2 is 2.12 bits per heavy atom. The highest BCUT2D eigenvalue weighted by molar-refractivity contribution is 5.29. The quantitative estimate of drug-likeness (QED) is 0.751. The average Bonchev–Trinajstić information content (AvgIpc) is 2.83. The lowest BCUT2D eigenvalue weighted by atomic mass is 10.2. The highest BCUT2D eigenvalue weighted by atomic mass is 16.7. The zero-order chi connectivity index (χ0) is 11.9. The predicted molar refractivity (Wildman–Crippen MR) is 66.1 cm³/mol. The SMILES string of the molecule is CCC#Cc1cnn(OCc2ccccc2)c1. The van der Waals surface area contributed by atoms with Crippen molar-refractivity contribution in [3.63, 3.8) is 0 Å². The first-order valence-corrected chi connectivity index (χ1v) is 5.59. The van der Waals surface area contributed by atoms with Crippen molar-refractivity contribution >= 4 is 0 Å². The molecule has 0 saturated carbocycles. The molecular formula is C14H14N2O. The summed E-state index contributed by atoms with van der Waals surface area (Å²) in [5.74, 6) is 5.99. The van der Waals surface area contributed by atoms with E-state index in [0.717, 1.165) is 17.5 Å². The first-order chi connectivity index (χ1) is 8.38. The minimum atomic E-state index is 0.503. The summed E-state index contributed by atoms with van der Waals surface area (Å²) in [5.41, 5.74) is 1.99. The van der Waals surface area contributed by atoms with E-state index in [9.17, 15) is 0 Å². The number of hydrogen-bond acceptors (Lipinski definition) is 2. The van der Waals surface area contributed by atoms with Crippen molar-refractivity contribution in [2.24, 2.45) is 0 Å². The van der Waals surface area contributed by atoms with Gasteiger partial charge >= 0.3 is 0 Å². The van der Waals surface area contributed by atoms with Gasteiger partial charge in [-0.2, -0.15) is 0 Å². The van der Waals surface area contributed by atoms with Crippen LogP contribution < -0.4 is 4.84 Å². The molecule has 0 saturated heterocycles. The molecule has 0 amide bonds. The molecule has 3 nitrogen and oxygen atoms in total. The third kappa shape index (κ3) is 3.39. The van der Waals surface area contributed by atoms with Gasteiger partial charge in [0.2, 0.25) is 0 Å². The van der Waals surface area contributed by atoms with Crippen LogP contribution in [0.15, 0.2) is 42.7 Å². The van der Waals surface area contributed by atoms with E-state index < -0.39 is 0 Å². The Morgan fingerprint density at radius 3 is 2.88 bits per heavy atom. The Kier molecular flexibility index (Phi) is 3.82. The number of benzene rings is 1. The molecule has 0 aliphatic rings. The lowest BCUT2D eigenvalue weighted by molar-refractivity contribution is 0.0700. The van der Waals surface area contributed by atoms with E-state index in [-0.39, 0.29) is 0 Å². The monoisotopic (exact) mass is 226 g/mol. The van der Waals surface area contributed by atoms with Gasteiger partial charge in [-0.05, 0) is 5.56 Å². The molecule has 1 aromatic heterocycles. The third-order valence-corrected chi connectivity index (χ3v) is 2.18. The molecule has 0 atom stereocenters. The van der Waals surface area contributed by atoms with Crippen LogP contribution in [0.5, 0.6) is 0 Å². The average molecular weight is 226 g/mol. The Labute approximate surface area is 101 Å². The standard InChI is InChI=1S/C14H14N2O/c1-2-3-7-14-10-15-16(11-14)17-12-13-8-5-4-6-9-13/h4-6,8-11H,2,12H2,1H3. The van der Waals surface area contributed by atoms with E-state index in [0.29, 0.717) is 6.61 Å². The largest absolute Gasteiger partial charge is 0.392 e. The first kappa shape index (κ1) is 11.3. The normalized spacial score (nSPS) is 9.47. The van der Waals surface area contributed by atoms with Gasteiger partial charge in [-0.25, -0.2) is 0 Å². The summed E-state index contributed by atoms with van der Waals surface area (Å²) in [4.78, 5) is 6.94. The molecule has 0 spiro atoms. The minimum absolute atomic E-state index is 0.503. The summed E-state index contributed by atoms with van der Waals surface area (Å²) in [6, 6.07) is 9.98. The first-order valence-electron chi connectivity index (χ1n) is 5.59. The predicted octanol–water partition coefficient (Wildman–Crippen LogP) is 2.27. The van der Waals surface area contributed by atoms with Crippen molar-refractivity contribution in [3.8, 4) is 11.8 Å². The summed E-state index contributed by atoms with van der Waals surface area (Å²) >= 11 is 0. The second kappa shape index (κ2) is 5.76. The maximum Gasteiger partial charge on any atom is 0.142 e. The lowest BCUT2D eigenvalue weighted by Crippen LogP contribution is -2.11. The molecule has 0 aliphatic heterocycles. The van der Waals surface area contributed by atoms with Crippen LogP contribution in [-0.4, -0.2) is 9.94 Å². The molecule has 0 fully saturated rings. The molecule has 17 heavy (non-hydrogen) atoms.